The first-order valence-corrected chi connectivity index (χ1v) is 9.13. The van der Waals surface area contributed by atoms with E-state index < -0.39 is 0 Å². The fourth-order valence-electron chi connectivity index (χ4n) is 6.62. The van der Waals surface area contributed by atoms with Gasteiger partial charge in [-0.15, -0.1) is 12.3 Å². The number of hydrogen-bond acceptors (Lipinski definition) is 0. The summed E-state index contributed by atoms with van der Waals surface area (Å²) in [5.74, 6) is 5.86. The molecule has 118 valence electrons. The van der Waals surface area contributed by atoms with E-state index in [2.05, 4.69) is 18.9 Å². The largest absolute Gasteiger partial charge is 0.216 e. The van der Waals surface area contributed by atoms with Crippen LogP contribution in [-0.2, 0) is 0 Å². The lowest BCUT2D eigenvalue weighted by Crippen LogP contribution is -2.47. The van der Waals surface area contributed by atoms with Crippen LogP contribution < -0.4 is 0 Å². The molecule has 0 amide bonds. The Morgan fingerprint density at radius 1 is 1.32 bits per heavy atom. The van der Waals surface area contributed by atoms with E-state index in [9.17, 15) is 4.39 Å². The smallest absolute Gasteiger partial charge is 0.0862 e. The van der Waals surface area contributed by atoms with Gasteiger partial charge >= 0.3 is 0 Å². The number of rotatable bonds is 0. The highest BCUT2D eigenvalue weighted by molar-refractivity contribution is 5.28. The lowest BCUT2D eigenvalue weighted by molar-refractivity contribution is 0.0247. The molecule has 0 aromatic heterocycles. The maximum Gasteiger partial charge on any atom is 0.0862 e. The SMILES string of the molecule is C#C[C@@H]1CC[C@H]2[C@@H]3CCC4=CCCC[C@@H]4[C@H]3/C(=C/F)C[C@]12C. The van der Waals surface area contributed by atoms with Crippen molar-refractivity contribution in [1.29, 1.82) is 0 Å². The minimum atomic E-state index is 0.143. The van der Waals surface area contributed by atoms with Gasteiger partial charge in [-0.05, 0) is 86.0 Å². The third-order valence-electron chi connectivity index (χ3n) is 7.54. The van der Waals surface area contributed by atoms with Crippen molar-refractivity contribution in [1.82, 2.24) is 0 Å². The summed E-state index contributed by atoms with van der Waals surface area (Å²) in [6, 6.07) is 0. The second-order valence-electron chi connectivity index (χ2n) is 8.31. The molecule has 0 nitrogen and oxygen atoms in total. The van der Waals surface area contributed by atoms with E-state index in [0.29, 0.717) is 29.6 Å². The van der Waals surface area contributed by atoms with Crippen LogP contribution >= 0.6 is 0 Å². The number of allylic oxidation sites excluding steroid dienone is 3. The molecule has 22 heavy (non-hydrogen) atoms. The summed E-state index contributed by atoms with van der Waals surface area (Å²) in [6.07, 6.45) is 18.8. The molecule has 0 unspecified atom stereocenters. The van der Waals surface area contributed by atoms with Crippen LogP contribution in [-0.4, -0.2) is 0 Å². The van der Waals surface area contributed by atoms with E-state index in [1.165, 1.54) is 38.5 Å². The lowest BCUT2D eigenvalue weighted by atomic mass is 9.50. The highest BCUT2D eigenvalue weighted by Crippen LogP contribution is 2.65. The second kappa shape index (κ2) is 5.26. The van der Waals surface area contributed by atoms with Crippen LogP contribution in [0.25, 0.3) is 0 Å². The fraction of sp³-hybridized carbons (Fsp3) is 0.714. The van der Waals surface area contributed by atoms with Gasteiger partial charge in [0.2, 0.25) is 0 Å². The van der Waals surface area contributed by atoms with Crippen LogP contribution in [0.5, 0.6) is 0 Å². The zero-order valence-electron chi connectivity index (χ0n) is 13.7. The molecule has 3 fully saturated rings. The number of hydrogen-bond donors (Lipinski definition) is 0. The second-order valence-corrected chi connectivity index (χ2v) is 8.31. The average molecular weight is 298 g/mol. The molecule has 0 aromatic rings. The molecule has 0 radical (unpaired) electrons. The van der Waals surface area contributed by atoms with Crippen LogP contribution in [0, 0.1) is 47.3 Å². The fourth-order valence-corrected chi connectivity index (χ4v) is 6.62. The van der Waals surface area contributed by atoms with Gasteiger partial charge in [0.05, 0.1) is 6.33 Å². The first kappa shape index (κ1) is 14.6. The summed E-state index contributed by atoms with van der Waals surface area (Å²) in [5, 5.41) is 0. The molecule has 0 spiro atoms. The Hall–Kier alpha value is -1.03. The molecule has 0 saturated heterocycles. The molecule has 3 saturated carbocycles. The molecular weight excluding hydrogens is 271 g/mol. The third kappa shape index (κ3) is 1.89. The Balaban J connectivity index is 1.74. The molecule has 0 heterocycles. The molecule has 0 bridgehead atoms. The zero-order valence-corrected chi connectivity index (χ0v) is 13.7. The molecule has 4 aliphatic rings. The number of terminal acetylenes is 1. The van der Waals surface area contributed by atoms with Gasteiger partial charge in [0.15, 0.2) is 0 Å². The van der Waals surface area contributed by atoms with Gasteiger partial charge in [0.25, 0.3) is 0 Å². The zero-order chi connectivity index (χ0) is 15.3. The molecule has 4 aliphatic carbocycles. The summed E-state index contributed by atoms with van der Waals surface area (Å²) in [4.78, 5) is 0. The van der Waals surface area contributed by atoms with Crippen molar-refractivity contribution < 1.29 is 4.39 Å². The summed E-state index contributed by atoms with van der Waals surface area (Å²) in [6.45, 7) is 2.35. The highest BCUT2D eigenvalue weighted by Gasteiger charge is 2.57. The van der Waals surface area contributed by atoms with E-state index in [0.717, 1.165) is 24.7 Å². The van der Waals surface area contributed by atoms with Crippen molar-refractivity contribution in [2.45, 2.75) is 58.3 Å². The average Bonchev–Trinajstić information content (AvgIpc) is 2.89. The first-order chi connectivity index (χ1) is 10.7. The van der Waals surface area contributed by atoms with Crippen LogP contribution in [0.15, 0.2) is 23.6 Å². The van der Waals surface area contributed by atoms with Gasteiger partial charge in [-0.1, -0.05) is 18.6 Å². The Bertz CT molecular complexity index is 563. The van der Waals surface area contributed by atoms with Crippen LogP contribution in [0.3, 0.4) is 0 Å². The third-order valence-corrected chi connectivity index (χ3v) is 7.54. The van der Waals surface area contributed by atoms with E-state index >= 15 is 0 Å². The molecule has 1 heteroatoms. The molecular formula is C21H27F. The molecule has 6 atom stereocenters. The summed E-state index contributed by atoms with van der Waals surface area (Å²) >= 11 is 0. The minimum Gasteiger partial charge on any atom is -0.216 e. The quantitative estimate of drug-likeness (QED) is 0.400. The van der Waals surface area contributed by atoms with E-state index in [1.807, 2.05) is 0 Å². The maximum absolute atomic E-state index is 13.8. The Morgan fingerprint density at radius 3 is 2.95 bits per heavy atom. The summed E-state index contributed by atoms with van der Waals surface area (Å²) in [5.41, 5.74) is 2.87. The predicted molar refractivity (Wildman–Crippen MR) is 88.6 cm³/mol. The lowest BCUT2D eigenvalue weighted by Gasteiger charge is -2.54. The van der Waals surface area contributed by atoms with Gasteiger partial charge in [0, 0.05) is 5.92 Å². The van der Waals surface area contributed by atoms with Crippen LogP contribution in [0.4, 0.5) is 4.39 Å². The number of halogens is 1. The Morgan fingerprint density at radius 2 is 2.18 bits per heavy atom. The molecule has 4 rings (SSSR count). The van der Waals surface area contributed by atoms with Crippen molar-refractivity contribution in [2.24, 2.45) is 35.0 Å². The van der Waals surface area contributed by atoms with Crippen LogP contribution in [0.2, 0.25) is 0 Å². The molecule has 0 aliphatic heterocycles. The van der Waals surface area contributed by atoms with Gasteiger partial charge in [-0.2, -0.15) is 0 Å². The van der Waals surface area contributed by atoms with E-state index in [1.54, 1.807) is 5.57 Å². The van der Waals surface area contributed by atoms with Gasteiger partial charge in [-0.25, -0.2) is 4.39 Å². The molecule has 0 N–H and O–H groups in total. The highest BCUT2D eigenvalue weighted by atomic mass is 19.1. The maximum atomic E-state index is 13.8. The van der Waals surface area contributed by atoms with Crippen molar-refractivity contribution in [3.05, 3.63) is 23.6 Å². The van der Waals surface area contributed by atoms with Crippen molar-refractivity contribution in [3.8, 4) is 12.3 Å². The summed E-state index contributed by atoms with van der Waals surface area (Å²) < 4.78 is 13.8. The summed E-state index contributed by atoms with van der Waals surface area (Å²) in [7, 11) is 0. The standard InChI is InChI=1S/C21H27F/c1-3-16-9-11-19-18-10-8-14-6-4-5-7-17(14)20(18)15(13-22)12-21(16,19)2/h1,6,13,16-20H,4-5,7-12H2,2H3/b15-13+/t16-,17+,18+,19+,20-,21-/m1/s1. The minimum absolute atomic E-state index is 0.143. The van der Waals surface area contributed by atoms with Gasteiger partial charge in [-0.3, -0.25) is 0 Å². The molecule has 0 aromatic carbocycles. The van der Waals surface area contributed by atoms with Crippen molar-refractivity contribution in [2.75, 3.05) is 0 Å². The predicted octanol–water partition coefficient (Wildman–Crippen LogP) is 5.66. The van der Waals surface area contributed by atoms with E-state index in [4.69, 9.17) is 6.42 Å². The van der Waals surface area contributed by atoms with E-state index in [-0.39, 0.29) is 5.41 Å². The van der Waals surface area contributed by atoms with Crippen LogP contribution in [0.1, 0.15) is 58.3 Å². The topological polar surface area (TPSA) is 0 Å². The van der Waals surface area contributed by atoms with Gasteiger partial charge < -0.3 is 0 Å². The monoisotopic (exact) mass is 298 g/mol. The normalized spacial score (nSPS) is 48.9. The van der Waals surface area contributed by atoms with Crippen molar-refractivity contribution >= 4 is 0 Å². The van der Waals surface area contributed by atoms with Gasteiger partial charge in [0.1, 0.15) is 0 Å². The first-order valence-electron chi connectivity index (χ1n) is 9.13. The number of fused-ring (bicyclic) bond motifs is 5. The van der Waals surface area contributed by atoms with Crippen molar-refractivity contribution in [3.63, 3.8) is 0 Å². The Kier molecular flexibility index (Phi) is 3.48. The Labute approximate surface area is 134 Å².